The number of nitrogens with zero attached hydrogens (tertiary/aromatic N) is 3. The van der Waals surface area contributed by atoms with Crippen LogP contribution in [0, 0.1) is 6.92 Å². The molecule has 1 aromatic rings. The second kappa shape index (κ2) is 8.96. The summed E-state index contributed by atoms with van der Waals surface area (Å²) in [6.07, 6.45) is 3.47. The van der Waals surface area contributed by atoms with Crippen LogP contribution in [-0.4, -0.2) is 77.3 Å². The van der Waals surface area contributed by atoms with Gasteiger partial charge in [0.15, 0.2) is 0 Å². The molecule has 0 unspecified atom stereocenters. The van der Waals surface area contributed by atoms with Gasteiger partial charge in [-0.1, -0.05) is 0 Å². The Kier molecular flexibility index (Phi) is 6.92. The van der Waals surface area contributed by atoms with Crippen LogP contribution in [0.15, 0.2) is 12.1 Å². The molecule has 0 amide bonds. The van der Waals surface area contributed by atoms with Crippen LogP contribution >= 0.6 is 11.3 Å². The van der Waals surface area contributed by atoms with Gasteiger partial charge in [0.25, 0.3) is 0 Å². The topological polar surface area (TPSA) is 30.0 Å². The van der Waals surface area contributed by atoms with Crippen LogP contribution in [0.25, 0.3) is 0 Å². The van der Waals surface area contributed by atoms with Gasteiger partial charge in [-0.15, -0.1) is 11.3 Å². The third-order valence-electron chi connectivity index (χ3n) is 5.95. The molecule has 2 aliphatic rings. The number of hydrogen-bond donors (Lipinski definition) is 1. The summed E-state index contributed by atoms with van der Waals surface area (Å²) < 4.78 is 0. The predicted molar refractivity (Wildman–Crippen MR) is 106 cm³/mol. The number of piperidine rings is 1. The highest BCUT2D eigenvalue weighted by atomic mass is 32.1. The fourth-order valence-electron chi connectivity index (χ4n) is 4.49. The summed E-state index contributed by atoms with van der Waals surface area (Å²) >= 11 is 1.92. The quantitative estimate of drug-likeness (QED) is 0.840. The maximum atomic E-state index is 9.58. The van der Waals surface area contributed by atoms with E-state index in [-0.39, 0.29) is 0 Å². The van der Waals surface area contributed by atoms with Gasteiger partial charge in [0.2, 0.25) is 0 Å². The largest absolute Gasteiger partial charge is 0.396 e. The molecule has 1 aromatic heterocycles. The van der Waals surface area contributed by atoms with Crippen LogP contribution in [0.3, 0.4) is 0 Å². The fourth-order valence-corrected chi connectivity index (χ4v) is 5.42. The number of hydrogen-bond acceptors (Lipinski definition) is 5. The maximum absolute atomic E-state index is 9.58. The maximum Gasteiger partial charge on any atom is 0.0446 e. The highest BCUT2D eigenvalue weighted by Gasteiger charge is 2.33. The zero-order chi connectivity index (χ0) is 17.8. The van der Waals surface area contributed by atoms with E-state index in [0.29, 0.717) is 24.7 Å². The van der Waals surface area contributed by atoms with Gasteiger partial charge < -0.3 is 10.0 Å². The number of aliphatic hydroxyl groups is 1. The highest BCUT2D eigenvalue weighted by Crippen LogP contribution is 2.26. The lowest BCUT2D eigenvalue weighted by Crippen LogP contribution is -2.58. The molecule has 1 atom stereocenters. The average molecular weight is 366 g/mol. The summed E-state index contributed by atoms with van der Waals surface area (Å²) in [7, 11) is 0. The first-order valence-electron chi connectivity index (χ1n) is 9.95. The molecule has 1 N–H and O–H groups in total. The van der Waals surface area contributed by atoms with Crippen molar-refractivity contribution in [2.45, 2.75) is 64.7 Å². The van der Waals surface area contributed by atoms with Gasteiger partial charge in [-0.25, -0.2) is 0 Å². The number of rotatable bonds is 6. The van der Waals surface area contributed by atoms with Crippen molar-refractivity contribution in [3.8, 4) is 0 Å². The summed E-state index contributed by atoms with van der Waals surface area (Å²) in [5, 5.41) is 9.58. The summed E-state index contributed by atoms with van der Waals surface area (Å²) in [5.41, 5.74) is 0. The van der Waals surface area contributed by atoms with Crippen LogP contribution in [0.5, 0.6) is 0 Å². The molecule has 3 heterocycles. The minimum absolute atomic E-state index is 0.304. The first-order valence-corrected chi connectivity index (χ1v) is 10.8. The zero-order valence-corrected chi connectivity index (χ0v) is 17.0. The Morgan fingerprint density at radius 2 is 1.92 bits per heavy atom. The van der Waals surface area contributed by atoms with Crippen LogP contribution in [0.4, 0.5) is 0 Å². The van der Waals surface area contributed by atoms with Crippen molar-refractivity contribution >= 4 is 11.3 Å². The third-order valence-corrected chi connectivity index (χ3v) is 6.93. The molecule has 0 aromatic carbocycles. The van der Waals surface area contributed by atoms with Gasteiger partial charge >= 0.3 is 0 Å². The Morgan fingerprint density at radius 3 is 2.52 bits per heavy atom. The highest BCUT2D eigenvalue weighted by molar-refractivity contribution is 7.11. The predicted octanol–water partition coefficient (Wildman–Crippen LogP) is 2.80. The Bertz CT molecular complexity index is 525. The molecule has 0 radical (unpaired) electrons. The van der Waals surface area contributed by atoms with Gasteiger partial charge in [-0.2, -0.15) is 0 Å². The monoisotopic (exact) mass is 365 g/mol. The molecule has 5 heteroatoms. The lowest BCUT2D eigenvalue weighted by Gasteiger charge is -2.48. The van der Waals surface area contributed by atoms with Crippen molar-refractivity contribution in [3.05, 3.63) is 21.9 Å². The summed E-state index contributed by atoms with van der Waals surface area (Å²) in [6, 6.07) is 6.38. The fraction of sp³-hybridized carbons (Fsp3) is 0.800. The summed E-state index contributed by atoms with van der Waals surface area (Å²) in [4.78, 5) is 10.8. The van der Waals surface area contributed by atoms with Gasteiger partial charge in [0, 0.05) is 60.7 Å². The molecule has 0 saturated carbocycles. The van der Waals surface area contributed by atoms with Crippen molar-refractivity contribution in [2.24, 2.45) is 0 Å². The van der Waals surface area contributed by atoms with Gasteiger partial charge in [-0.3, -0.25) is 9.80 Å². The van der Waals surface area contributed by atoms with Crippen LogP contribution < -0.4 is 0 Å². The van der Waals surface area contributed by atoms with E-state index in [1.807, 2.05) is 11.3 Å². The third kappa shape index (κ3) is 5.04. The van der Waals surface area contributed by atoms with Crippen molar-refractivity contribution in [2.75, 3.05) is 39.3 Å². The van der Waals surface area contributed by atoms with E-state index in [0.717, 1.165) is 32.6 Å². The molecule has 0 spiro atoms. The Balaban J connectivity index is 1.56. The van der Waals surface area contributed by atoms with E-state index >= 15 is 0 Å². The Labute approximate surface area is 157 Å². The number of thiophene rings is 1. The van der Waals surface area contributed by atoms with E-state index in [4.69, 9.17) is 0 Å². The number of likely N-dealkylation sites (tertiary alicyclic amines) is 1. The standard InChI is InChI=1S/C20H35N3OS/c1-16(2)22-9-6-18(7-10-22)23-12-11-21(14-19(23)8-13-24)15-20-5-4-17(3)25-20/h4-5,16,18-19,24H,6-15H2,1-3H3/t19-/m1/s1. The van der Waals surface area contributed by atoms with Gasteiger partial charge in [0.05, 0.1) is 0 Å². The second-order valence-electron chi connectivity index (χ2n) is 8.01. The Morgan fingerprint density at radius 1 is 1.16 bits per heavy atom. The molecule has 25 heavy (non-hydrogen) atoms. The van der Waals surface area contributed by atoms with Gasteiger partial charge in [0.1, 0.15) is 0 Å². The van der Waals surface area contributed by atoms with Crippen molar-refractivity contribution in [1.29, 1.82) is 0 Å². The molecule has 2 fully saturated rings. The van der Waals surface area contributed by atoms with Gasteiger partial charge in [-0.05, 0) is 65.3 Å². The lowest BCUT2D eigenvalue weighted by molar-refractivity contribution is 0.000232. The van der Waals surface area contributed by atoms with E-state index in [2.05, 4.69) is 47.6 Å². The number of piperazine rings is 1. The van der Waals surface area contributed by atoms with Crippen LogP contribution in [0.2, 0.25) is 0 Å². The van der Waals surface area contributed by atoms with Crippen LogP contribution in [-0.2, 0) is 6.54 Å². The van der Waals surface area contributed by atoms with E-state index < -0.39 is 0 Å². The molecule has 4 nitrogen and oxygen atoms in total. The molecular weight excluding hydrogens is 330 g/mol. The summed E-state index contributed by atoms with van der Waals surface area (Å²) in [6.45, 7) is 14.0. The molecular formula is C20H35N3OS. The number of aryl methyl sites for hydroxylation is 1. The lowest BCUT2D eigenvalue weighted by atomic mass is 9.97. The number of aliphatic hydroxyl groups excluding tert-OH is 1. The zero-order valence-electron chi connectivity index (χ0n) is 16.2. The van der Waals surface area contributed by atoms with E-state index in [9.17, 15) is 5.11 Å². The second-order valence-corrected chi connectivity index (χ2v) is 9.38. The molecule has 2 aliphatic heterocycles. The molecule has 0 aliphatic carbocycles. The minimum Gasteiger partial charge on any atom is -0.396 e. The normalized spacial score (nSPS) is 25.1. The molecule has 2 saturated heterocycles. The Hall–Kier alpha value is -0.460. The van der Waals surface area contributed by atoms with Crippen molar-refractivity contribution in [1.82, 2.24) is 14.7 Å². The van der Waals surface area contributed by atoms with E-state index in [1.165, 1.54) is 35.7 Å². The first-order chi connectivity index (χ1) is 12.1. The SMILES string of the molecule is Cc1ccc(CN2CCN(C3CCN(C(C)C)CC3)[C@H](CCO)C2)s1. The molecule has 142 valence electrons. The van der Waals surface area contributed by atoms with Crippen LogP contribution in [0.1, 0.15) is 42.9 Å². The smallest absolute Gasteiger partial charge is 0.0446 e. The molecule has 3 rings (SSSR count). The van der Waals surface area contributed by atoms with E-state index in [1.54, 1.807) is 0 Å². The first kappa shape index (κ1) is 19.3. The summed E-state index contributed by atoms with van der Waals surface area (Å²) in [5.74, 6) is 0. The van der Waals surface area contributed by atoms with Crippen molar-refractivity contribution < 1.29 is 5.11 Å². The van der Waals surface area contributed by atoms with Crippen molar-refractivity contribution in [3.63, 3.8) is 0 Å². The molecule has 0 bridgehead atoms. The average Bonchev–Trinajstić information content (AvgIpc) is 3.00. The minimum atomic E-state index is 0.304.